The van der Waals surface area contributed by atoms with Crippen LogP contribution in [0.15, 0.2) is 72.8 Å². The Morgan fingerprint density at radius 3 is 2.37 bits per heavy atom. The van der Waals surface area contributed by atoms with Gasteiger partial charge in [0.15, 0.2) is 0 Å². The molecule has 0 amide bonds. The van der Waals surface area contributed by atoms with Crippen molar-refractivity contribution in [3.63, 3.8) is 0 Å². The summed E-state index contributed by atoms with van der Waals surface area (Å²) in [5, 5.41) is 0. The van der Waals surface area contributed by atoms with Gasteiger partial charge in [0, 0.05) is 44.4 Å². The highest BCUT2D eigenvalue weighted by atomic mass is 19.4. The number of rotatable bonds is 4. The number of halogens is 4. The average Bonchev–Trinajstić information content (AvgIpc) is 3.01. The first-order valence-corrected chi connectivity index (χ1v) is 11.7. The summed E-state index contributed by atoms with van der Waals surface area (Å²) in [4.78, 5) is 4.74. The summed E-state index contributed by atoms with van der Waals surface area (Å²) >= 11 is 0. The SMILES string of the molecule is Fc1ccc2c(c1)OCc1ccccc1C2N1CCN(C/C=C/c2ccc(C(F)(F)F)cc2)CC1. The van der Waals surface area contributed by atoms with Crippen LogP contribution in [0.25, 0.3) is 6.08 Å². The van der Waals surface area contributed by atoms with Gasteiger partial charge in [-0.2, -0.15) is 13.2 Å². The molecule has 182 valence electrons. The maximum atomic E-state index is 13.9. The molecule has 0 spiro atoms. The number of fused-ring (bicyclic) bond motifs is 2. The van der Waals surface area contributed by atoms with Gasteiger partial charge in [0.2, 0.25) is 0 Å². The van der Waals surface area contributed by atoms with Crippen LogP contribution in [0.3, 0.4) is 0 Å². The number of hydrogen-bond acceptors (Lipinski definition) is 3. The normalized spacial score (nSPS) is 19.1. The van der Waals surface area contributed by atoms with Crippen molar-refractivity contribution in [1.82, 2.24) is 9.80 Å². The molecule has 0 aliphatic carbocycles. The van der Waals surface area contributed by atoms with Crippen molar-refractivity contribution in [2.24, 2.45) is 0 Å². The molecule has 0 saturated carbocycles. The van der Waals surface area contributed by atoms with Gasteiger partial charge >= 0.3 is 6.18 Å². The van der Waals surface area contributed by atoms with E-state index in [4.69, 9.17) is 4.74 Å². The number of ether oxygens (including phenoxy) is 1. The number of piperazine rings is 1. The molecule has 1 atom stereocenters. The lowest BCUT2D eigenvalue weighted by atomic mass is 9.93. The molecule has 0 N–H and O–H groups in total. The van der Waals surface area contributed by atoms with E-state index >= 15 is 0 Å². The largest absolute Gasteiger partial charge is 0.488 e. The molecule has 2 heterocycles. The van der Waals surface area contributed by atoms with Crippen LogP contribution >= 0.6 is 0 Å². The van der Waals surface area contributed by atoms with Gasteiger partial charge in [-0.25, -0.2) is 4.39 Å². The highest BCUT2D eigenvalue weighted by molar-refractivity contribution is 5.50. The third-order valence-corrected chi connectivity index (χ3v) is 6.69. The van der Waals surface area contributed by atoms with E-state index in [9.17, 15) is 17.6 Å². The van der Waals surface area contributed by atoms with E-state index in [1.54, 1.807) is 0 Å². The highest BCUT2D eigenvalue weighted by Crippen LogP contribution is 2.40. The molecule has 0 bridgehead atoms. The minimum absolute atomic E-state index is 0.00543. The predicted octanol–water partition coefficient (Wildman–Crippen LogP) is 6.16. The first-order valence-electron chi connectivity index (χ1n) is 11.7. The molecule has 1 unspecified atom stereocenters. The van der Waals surface area contributed by atoms with Crippen molar-refractivity contribution in [3.8, 4) is 5.75 Å². The zero-order valence-corrected chi connectivity index (χ0v) is 19.1. The van der Waals surface area contributed by atoms with Crippen LogP contribution in [0.1, 0.15) is 33.9 Å². The molecule has 1 fully saturated rings. The van der Waals surface area contributed by atoms with Crippen LogP contribution < -0.4 is 4.74 Å². The van der Waals surface area contributed by atoms with E-state index in [0.717, 1.165) is 61.5 Å². The summed E-state index contributed by atoms with van der Waals surface area (Å²) in [6.45, 7) is 4.52. The Hall–Kier alpha value is -3.16. The number of benzene rings is 3. The second-order valence-corrected chi connectivity index (χ2v) is 8.93. The van der Waals surface area contributed by atoms with Crippen LogP contribution in [0.2, 0.25) is 0 Å². The number of alkyl halides is 3. The lowest BCUT2D eigenvalue weighted by Gasteiger charge is -2.39. The summed E-state index contributed by atoms with van der Waals surface area (Å²) in [6, 6.07) is 18.2. The quantitative estimate of drug-likeness (QED) is 0.415. The number of hydrogen-bond donors (Lipinski definition) is 0. The van der Waals surface area contributed by atoms with Crippen LogP contribution in [0, 0.1) is 5.82 Å². The average molecular weight is 483 g/mol. The second kappa shape index (κ2) is 9.84. The summed E-state index contributed by atoms with van der Waals surface area (Å²) in [5.41, 5.74) is 3.38. The second-order valence-electron chi connectivity index (χ2n) is 8.93. The van der Waals surface area contributed by atoms with E-state index < -0.39 is 11.7 Å². The molecule has 1 saturated heterocycles. The van der Waals surface area contributed by atoms with Gasteiger partial charge in [0.25, 0.3) is 0 Å². The van der Waals surface area contributed by atoms with Crippen LogP contribution in [-0.2, 0) is 12.8 Å². The van der Waals surface area contributed by atoms with Crippen molar-refractivity contribution in [2.45, 2.75) is 18.8 Å². The molecule has 3 aromatic carbocycles. The van der Waals surface area contributed by atoms with E-state index in [1.165, 1.54) is 29.8 Å². The summed E-state index contributed by atoms with van der Waals surface area (Å²) < 4.78 is 58.1. The van der Waals surface area contributed by atoms with Crippen molar-refractivity contribution in [2.75, 3.05) is 32.7 Å². The lowest BCUT2D eigenvalue weighted by molar-refractivity contribution is -0.137. The van der Waals surface area contributed by atoms with Crippen LogP contribution in [0.5, 0.6) is 5.75 Å². The molecule has 3 aromatic rings. The molecule has 7 heteroatoms. The fraction of sp³-hybridized carbons (Fsp3) is 0.286. The van der Waals surface area contributed by atoms with Crippen molar-refractivity contribution in [1.29, 1.82) is 0 Å². The lowest BCUT2D eigenvalue weighted by Crippen LogP contribution is -2.47. The molecule has 35 heavy (non-hydrogen) atoms. The van der Waals surface area contributed by atoms with Gasteiger partial charge in [0.05, 0.1) is 11.6 Å². The van der Waals surface area contributed by atoms with Gasteiger partial charge in [-0.15, -0.1) is 0 Å². The molecule has 2 aliphatic rings. The van der Waals surface area contributed by atoms with Crippen LogP contribution in [-0.4, -0.2) is 42.5 Å². The standard InChI is InChI=1S/C28H26F4N2O/c29-23-11-12-25-26(18-23)35-19-21-5-1-2-6-24(21)27(25)34-16-14-33(15-17-34)13-3-4-20-7-9-22(10-8-20)28(30,31)32/h1-12,18,27H,13-17,19H2/b4-3+. The fourth-order valence-corrected chi connectivity index (χ4v) is 4.83. The third-order valence-electron chi connectivity index (χ3n) is 6.69. The first-order chi connectivity index (χ1) is 16.9. The van der Waals surface area contributed by atoms with E-state index in [2.05, 4.69) is 21.9 Å². The summed E-state index contributed by atoms with van der Waals surface area (Å²) in [6.07, 6.45) is -0.470. The van der Waals surface area contributed by atoms with E-state index in [1.807, 2.05) is 30.4 Å². The Kier molecular flexibility index (Phi) is 6.62. The van der Waals surface area contributed by atoms with Gasteiger partial charge in [-0.1, -0.05) is 54.6 Å². The Balaban J connectivity index is 1.25. The molecule has 3 nitrogen and oxygen atoms in total. The predicted molar refractivity (Wildman–Crippen MR) is 128 cm³/mol. The Morgan fingerprint density at radius 1 is 0.886 bits per heavy atom. The first kappa shape index (κ1) is 23.6. The zero-order chi connectivity index (χ0) is 24.4. The molecule has 0 aromatic heterocycles. The third kappa shape index (κ3) is 5.26. The van der Waals surface area contributed by atoms with Crippen molar-refractivity contribution in [3.05, 3.63) is 106 Å². The molecule has 2 aliphatic heterocycles. The maximum absolute atomic E-state index is 13.9. The topological polar surface area (TPSA) is 15.7 Å². The van der Waals surface area contributed by atoms with E-state index in [0.29, 0.717) is 12.4 Å². The summed E-state index contributed by atoms with van der Waals surface area (Å²) in [5.74, 6) is 0.284. The minimum Gasteiger partial charge on any atom is -0.488 e. The highest BCUT2D eigenvalue weighted by Gasteiger charge is 2.32. The minimum atomic E-state index is -4.32. The molecule has 0 radical (unpaired) electrons. The maximum Gasteiger partial charge on any atom is 0.416 e. The zero-order valence-electron chi connectivity index (χ0n) is 19.1. The van der Waals surface area contributed by atoms with Crippen LogP contribution in [0.4, 0.5) is 17.6 Å². The molecule has 5 rings (SSSR count). The van der Waals surface area contributed by atoms with Gasteiger partial charge in [-0.3, -0.25) is 9.80 Å². The van der Waals surface area contributed by atoms with Crippen molar-refractivity contribution >= 4 is 6.08 Å². The molecular weight excluding hydrogens is 456 g/mol. The van der Waals surface area contributed by atoms with Gasteiger partial charge in [-0.05, 0) is 34.9 Å². The Labute approximate surface area is 202 Å². The Bertz CT molecular complexity index is 1200. The Morgan fingerprint density at radius 2 is 1.63 bits per heavy atom. The monoisotopic (exact) mass is 482 g/mol. The smallest absolute Gasteiger partial charge is 0.416 e. The van der Waals surface area contributed by atoms with Gasteiger partial charge in [0.1, 0.15) is 18.2 Å². The number of nitrogens with zero attached hydrogens (tertiary/aromatic N) is 2. The molecular formula is C28H26F4N2O. The fourth-order valence-electron chi connectivity index (χ4n) is 4.83. The van der Waals surface area contributed by atoms with Gasteiger partial charge < -0.3 is 4.74 Å². The van der Waals surface area contributed by atoms with Crippen molar-refractivity contribution < 1.29 is 22.3 Å². The van der Waals surface area contributed by atoms with E-state index in [-0.39, 0.29) is 11.9 Å². The summed E-state index contributed by atoms with van der Waals surface area (Å²) in [7, 11) is 0.